The van der Waals surface area contributed by atoms with Crippen LogP contribution in [-0.2, 0) is 11.2 Å². The highest BCUT2D eigenvalue weighted by molar-refractivity contribution is 8.01. The summed E-state index contributed by atoms with van der Waals surface area (Å²) in [5.41, 5.74) is 1.02. The lowest BCUT2D eigenvalue weighted by atomic mass is 9.96. The Kier molecular flexibility index (Phi) is 3.10. The van der Waals surface area contributed by atoms with E-state index in [-0.39, 0.29) is 4.75 Å². The lowest BCUT2D eigenvalue weighted by Gasteiger charge is -2.20. The fourth-order valence-corrected chi connectivity index (χ4v) is 3.14. The van der Waals surface area contributed by atoms with E-state index in [2.05, 4.69) is 11.9 Å². The van der Waals surface area contributed by atoms with Crippen LogP contribution >= 0.6 is 11.8 Å². The standard InChI is InChI=1S/C12H15NOS/c1-12(5-3-7-15-12)11(14)8-10-4-2-6-13-9-10/h2,4,6,9H,3,5,7-8H2,1H3. The third-order valence-electron chi connectivity index (χ3n) is 2.90. The average molecular weight is 221 g/mol. The average Bonchev–Trinajstić information content (AvgIpc) is 2.68. The van der Waals surface area contributed by atoms with Crippen LogP contribution in [0.4, 0.5) is 0 Å². The van der Waals surface area contributed by atoms with Crippen molar-refractivity contribution in [2.45, 2.75) is 30.9 Å². The molecule has 1 aliphatic rings. The Morgan fingerprint density at radius 2 is 2.53 bits per heavy atom. The molecule has 0 aliphatic carbocycles. The fraction of sp³-hybridized carbons (Fsp3) is 0.500. The van der Waals surface area contributed by atoms with Gasteiger partial charge in [0.1, 0.15) is 0 Å². The van der Waals surface area contributed by atoms with Crippen molar-refractivity contribution in [3.05, 3.63) is 30.1 Å². The summed E-state index contributed by atoms with van der Waals surface area (Å²) in [7, 11) is 0. The van der Waals surface area contributed by atoms with Crippen LogP contribution in [0.2, 0.25) is 0 Å². The molecule has 0 spiro atoms. The molecule has 1 aliphatic heterocycles. The Labute approximate surface area is 94.5 Å². The monoisotopic (exact) mass is 221 g/mol. The maximum atomic E-state index is 12.1. The van der Waals surface area contributed by atoms with Gasteiger partial charge in [-0.1, -0.05) is 6.07 Å². The molecule has 0 bridgehead atoms. The van der Waals surface area contributed by atoms with Gasteiger partial charge in [0, 0.05) is 18.8 Å². The molecule has 1 aromatic heterocycles. The summed E-state index contributed by atoms with van der Waals surface area (Å²) in [6.07, 6.45) is 6.23. The largest absolute Gasteiger partial charge is 0.298 e. The van der Waals surface area contributed by atoms with Gasteiger partial charge in [0.25, 0.3) is 0 Å². The Balaban J connectivity index is 2.04. The number of rotatable bonds is 3. The Morgan fingerprint density at radius 1 is 1.67 bits per heavy atom. The topological polar surface area (TPSA) is 30.0 Å². The van der Waals surface area contributed by atoms with Crippen molar-refractivity contribution in [2.75, 3.05) is 5.75 Å². The van der Waals surface area contributed by atoms with Crippen LogP contribution in [0.3, 0.4) is 0 Å². The van der Waals surface area contributed by atoms with E-state index < -0.39 is 0 Å². The number of nitrogens with zero attached hydrogens (tertiary/aromatic N) is 1. The Morgan fingerprint density at radius 3 is 3.13 bits per heavy atom. The van der Waals surface area contributed by atoms with E-state index in [0.717, 1.165) is 17.7 Å². The summed E-state index contributed by atoms with van der Waals surface area (Å²) in [4.78, 5) is 16.1. The maximum absolute atomic E-state index is 12.1. The molecule has 1 aromatic rings. The van der Waals surface area contributed by atoms with Crippen molar-refractivity contribution in [1.29, 1.82) is 0 Å². The Hall–Kier alpha value is -0.830. The fourth-order valence-electron chi connectivity index (χ4n) is 1.87. The van der Waals surface area contributed by atoms with Crippen LogP contribution in [0.25, 0.3) is 0 Å². The third-order valence-corrected chi connectivity index (χ3v) is 4.46. The number of hydrogen-bond acceptors (Lipinski definition) is 3. The third kappa shape index (κ3) is 2.40. The minimum atomic E-state index is -0.143. The van der Waals surface area contributed by atoms with E-state index in [0.29, 0.717) is 12.2 Å². The van der Waals surface area contributed by atoms with E-state index in [1.807, 2.05) is 12.1 Å². The SMILES string of the molecule is CC1(C(=O)Cc2cccnc2)CCCS1. The molecular weight excluding hydrogens is 206 g/mol. The second-order valence-corrected chi connectivity index (χ2v) is 5.74. The van der Waals surface area contributed by atoms with Gasteiger partial charge in [-0.15, -0.1) is 11.8 Å². The molecule has 2 nitrogen and oxygen atoms in total. The van der Waals surface area contributed by atoms with Gasteiger partial charge >= 0.3 is 0 Å². The van der Waals surface area contributed by atoms with E-state index in [4.69, 9.17) is 0 Å². The van der Waals surface area contributed by atoms with Gasteiger partial charge in [-0.25, -0.2) is 0 Å². The van der Waals surface area contributed by atoms with E-state index in [9.17, 15) is 4.79 Å². The maximum Gasteiger partial charge on any atom is 0.153 e. The molecule has 15 heavy (non-hydrogen) atoms. The molecule has 0 radical (unpaired) electrons. The van der Waals surface area contributed by atoms with Crippen LogP contribution in [0.5, 0.6) is 0 Å². The number of carbonyl (C=O) groups excluding carboxylic acids is 1. The summed E-state index contributed by atoms with van der Waals surface area (Å²) < 4.78 is -0.143. The molecule has 1 atom stereocenters. The first-order valence-electron chi connectivity index (χ1n) is 5.27. The first-order chi connectivity index (χ1) is 7.21. The minimum Gasteiger partial charge on any atom is -0.298 e. The number of thioether (sulfide) groups is 1. The van der Waals surface area contributed by atoms with Gasteiger partial charge in [0.15, 0.2) is 5.78 Å². The minimum absolute atomic E-state index is 0.143. The van der Waals surface area contributed by atoms with Gasteiger partial charge in [0.2, 0.25) is 0 Å². The number of ketones is 1. The predicted octanol–water partition coefficient (Wildman–Crippen LogP) is 2.48. The number of aromatic nitrogens is 1. The lowest BCUT2D eigenvalue weighted by molar-refractivity contribution is -0.120. The molecular formula is C12H15NOS. The highest BCUT2D eigenvalue weighted by Gasteiger charge is 2.36. The van der Waals surface area contributed by atoms with Gasteiger partial charge < -0.3 is 0 Å². The van der Waals surface area contributed by atoms with Crippen molar-refractivity contribution in [1.82, 2.24) is 4.98 Å². The zero-order chi connectivity index (χ0) is 10.7. The van der Waals surface area contributed by atoms with Crippen LogP contribution in [0.1, 0.15) is 25.3 Å². The number of hydrogen-bond donors (Lipinski definition) is 0. The van der Waals surface area contributed by atoms with Gasteiger partial charge in [-0.2, -0.15) is 0 Å². The zero-order valence-corrected chi connectivity index (χ0v) is 9.72. The molecule has 1 fully saturated rings. The molecule has 2 rings (SSSR count). The van der Waals surface area contributed by atoms with Gasteiger partial charge in [0.05, 0.1) is 4.75 Å². The highest BCUT2D eigenvalue weighted by Crippen LogP contribution is 2.39. The summed E-state index contributed by atoms with van der Waals surface area (Å²) >= 11 is 1.80. The summed E-state index contributed by atoms with van der Waals surface area (Å²) in [6.45, 7) is 2.07. The van der Waals surface area contributed by atoms with Crippen molar-refractivity contribution in [3.63, 3.8) is 0 Å². The molecule has 0 N–H and O–H groups in total. The lowest BCUT2D eigenvalue weighted by Crippen LogP contribution is -2.30. The van der Waals surface area contributed by atoms with E-state index in [1.54, 1.807) is 24.2 Å². The molecule has 0 aromatic carbocycles. The number of pyridine rings is 1. The predicted molar refractivity (Wildman–Crippen MR) is 63.0 cm³/mol. The Bertz CT molecular complexity index is 344. The van der Waals surface area contributed by atoms with Gasteiger partial charge in [-0.3, -0.25) is 9.78 Å². The molecule has 0 amide bonds. The van der Waals surface area contributed by atoms with Crippen molar-refractivity contribution >= 4 is 17.5 Å². The molecule has 80 valence electrons. The van der Waals surface area contributed by atoms with Crippen LogP contribution in [-0.4, -0.2) is 21.3 Å². The van der Waals surface area contributed by atoms with Crippen LogP contribution in [0, 0.1) is 0 Å². The van der Waals surface area contributed by atoms with Crippen LogP contribution < -0.4 is 0 Å². The number of Topliss-reactive ketones (excluding diaryl/α,β-unsaturated/α-hetero) is 1. The first-order valence-corrected chi connectivity index (χ1v) is 6.25. The van der Waals surface area contributed by atoms with Crippen LogP contribution in [0.15, 0.2) is 24.5 Å². The molecule has 1 saturated heterocycles. The van der Waals surface area contributed by atoms with Gasteiger partial charge in [-0.05, 0) is 37.1 Å². The molecule has 3 heteroatoms. The second kappa shape index (κ2) is 4.35. The van der Waals surface area contributed by atoms with E-state index >= 15 is 0 Å². The van der Waals surface area contributed by atoms with Crippen molar-refractivity contribution in [3.8, 4) is 0 Å². The zero-order valence-electron chi connectivity index (χ0n) is 8.90. The van der Waals surface area contributed by atoms with Crippen molar-refractivity contribution in [2.24, 2.45) is 0 Å². The van der Waals surface area contributed by atoms with Crippen molar-refractivity contribution < 1.29 is 4.79 Å². The summed E-state index contributed by atoms with van der Waals surface area (Å²) in [5, 5.41) is 0. The molecule has 0 saturated carbocycles. The summed E-state index contributed by atoms with van der Waals surface area (Å²) in [5.74, 6) is 1.47. The molecule has 1 unspecified atom stereocenters. The second-order valence-electron chi connectivity index (χ2n) is 4.14. The highest BCUT2D eigenvalue weighted by atomic mass is 32.2. The van der Waals surface area contributed by atoms with E-state index in [1.165, 1.54) is 6.42 Å². The number of carbonyl (C=O) groups is 1. The quantitative estimate of drug-likeness (QED) is 0.785. The summed E-state index contributed by atoms with van der Waals surface area (Å²) in [6, 6.07) is 3.85. The smallest absolute Gasteiger partial charge is 0.153 e. The normalized spacial score (nSPS) is 25.4. The first kappa shape index (κ1) is 10.7. The molecule has 2 heterocycles.